The molecule has 1 amide bonds. The van der Waals surface area contributed by atoms with Gasteiger partial charge in [-0.15, -0.1) is 0 Å². The Morgan fingerprint density at radius 2 is 1.38 bits per heavy atom. The van der Waals surface area contributed by atoms with E-state index in [1.165, 1.54) is 25.7 Å². The number of amides is 1. The van der Waals surface area contributed by atoms with E-state index in [-0.39, 0.29) is 0 Å². The zero-order valence-corrected chi connectivity index (χ0v) is 15.2. The third kappa shape index (κ3) is 7.85. The van der Waals surface area contributed by atoms with E-state index in [2.05, 4.69) is 30.6 Å². The lowest BCUT2D eigenvalue weighted by molar-refractivity contribution is -0.138. The van der Waals surface area contributed by atoms with Crippen molar-refractivity contribution in [1.82, 2.24) is 9.80 Å². The number of rotatable bonds is 2. The standard InChI is InChI=1S/C13H24N2O.C3H8.C2H6/c1-2-14-10-6-12(7-11-14)13(16)15-8-4-3-5-9-15;1-3-2;1-2/h12H,2-11H2,1H3;3H2,1-2H3;1-2H3. The molecular weight excluding hydrogens is 260 g/mol. The maximum absolute atomic E-state index is 12.3. The van der Waals surface area contributed by atoms with Gasteiger partial charge in [0, 0.05) is 19.0 Å². The van der Waals surface area contributed by atoms with Gasteiger partial charge in [-0.2, -0.15) is 0 Å². The van der Waals surface area contributed by atoms with Crippen molar-refractivity contribution in [3.8, 4) is 0 Å². The molecule has 2 saturated heterocycles. The first-order chi connectivity index (χ1) is 10.2. The molecule has 2 rings (SSSR count). The third-order valence-corrected chi connectivity index (χ3v) is 4.05. The van der Waals surface area contributed by atoms with Crippen LogP contribution in [0.3, 0.4) is 0 Å². The molecule has 0 radical (unpaired) electrons. The van der Waals surface area contributed by atoms with Crippen LogP contribution in [-0.4, -0.2) is 48.4 Å². The fourth-order valence-electron chi connectivity index (χ4n) is 2.87. The van der Waals surface area contributed by atoms with Gasteiger partial charge in [-0.1, -0.05) is 41.0 Å². The number of hydrogen-bond donors (Lipinski definition) is 0. The highest BCUT2D eigenvalue weighted by Gasteiger charge is 2.28. The van der Waals surface area contributed by atoms with Crippen LogP contribution in [0.15, 0.2) is 0 Å². The lowest BCUT2D eigenvalue weighted by Gasteiger charge is -2.35. The summed E-state index contributed by atoms with van der Waals surface area (Å²) in [6.07, 6.45) is 7.11. The van der Waals surface area contributed by atoms with Crippen molar-refractivity contribution in [1.29, 1.82) is 0 Å². The average Bonchev–Trinajstić information content (AvgIpc) is 2.58. The van der Waals surface area contributed by atoms with Gasteiger partial charge >= 0.3 is 0 Å². The van der Waals surface area contributed by atoms with Crippen LogP contribution in [0.5, 0.6) is 0 Å². The van der Waals surface area contributed by atoms with Crippen molar-refractivity contribution in [3.05, 3.63) is 0 Å². The monoisotopic (exact) mass is 298 g/mol. The molecule has 126 valence electrons. The largest absolute Gasteiger partial charge is 0.342 e. The smallest absolute Gasteiger partial charge is 0.225 e. The highest BCUT2D eigenvalue weighted by molar-refractivity contribution is 5.79. The summed E-state index contributed by atoms with van der Waals surface area (Å²) in [4.78, 5) is 16.8. The Labute approximate surface area is 133 Å². The van der Waals surface area contributed by atoms with E-state index in [1.54, 1.807) is 0 Å². The molecule has 3 nitrogen and oxygen atoms in total. The Morgan fingerprint density at radius 1 is 0.905 bits per heavy atom. The molecule has 2 fully saturated rings. The zero-order chi connectivity index (χ0) is 16.1. The maximum Gasteiger partial charge on any atom is 0.225 e. The van der Waals surface area contributed by atoms with Crippen molar-refractivity contribution in [2.45, 2.75) is 73.1 Å². The minimum atomic E-state index is 0.320. The Kier molecular flexibility index (Phi) is 12.8. The minimum absolute atomic E-state index is 0.320. The molecule has 0 aliphatic carbocycles. The summed E-state index contributed by atoms with van der Waals surface area (Å²) in [5.41, 5.74) is 0. The van der Waals surface area contributed by atoms with Gasteiger partial charge in [0.25, 0.3) is 0 Å². The molecule has 0 unspecified atom stereocenters. The SMILES string of the molecule is CC.CCC.CCN1CCC(C(=O)N2CCCCC2)CC1. The minimum Gasteiger partial charge on any atom is -0.342 e. The van der Waals surface area contributed by atoms with Gasteiger partial charge in [0.1, 0.15) is 0 Å². The molecule has 0 bridgehead atoms. The Hall–Kier alpha value is -0.570. The van der Waals surface area contributed by atoms with Crippen LogP contribution >= 0.6 is 0 Å². The molecule has 0 aromatic heterocycles. The predicted octanol–water partition coefficient (Wildman–Crippen LogP) is 4.17. The van der Waals surface area contributed by atoms with Crippen LogP contribution in [0.1, 0.15) is 73.1 Å². The Morgan fingerprint density at radius 3 is 1.81 bits per heavy atom. The normalized spacial score (nSPS) is 20.0. The maximum atomic E-state index is 12.3. The summed E-state index contributed by atoms with van der Waals surface area (Å²) in [5.74, 6) is 0.761. The second-order valence-electron chi connectivity index (χ2n) is 5.80. The summed E-state index contributed by atoms with van der Waals surface area (Å²) in [7, 11) is 0. The number of piperidine rings is 2. The van der Waals surface area contributed by atoms with Crippen molar-refractivity contribution >= 4 is 5.91 Å². The topological polar surface area (TPSA) is 23.6 Å². The number of nitrogens with zero attached hydrogens (tertiary/aromatic N) is 2. The Balaban J connectivity index is 0.000000713. The van der Waals surface area contributed by atoms with Crippen LogP contribution in [0.4, 0.5) is 0 Å². The van der Waals surface area contributed by atoms with Gasteiger partial charge in [-0.3, -0.25) is 4.79 Å². The molecule has 0 aromatic carbocycles. The summed E-state index contributed by atoms with van der Waals surface area (Å²) < 4.78 is 0. The van der Waals surface area contributed by atoms with Crippen LogP contribution < -0.4 is 0 Å². The van der Waals surface area contributed by atoms with Crippen molar-refractivity contribution < 1.29 is 4.79 Å². The quantitative estimate of drug-likeness (QED) is 0.764. The fraction of sp³-hybridized carbons (Fsp3) is 0.944. The van der Waals surface area contributed by atoms with Gasteiger partial charge < -0.3 is 9.80 Å². The highest BCUT2D eigenvalue weighted by Crippen LogP contribution is 2.21. The summed E-state index contributed by atoms with van der Waals surface area (Å²) >= 11 is 0. The van der Waals surface area contributed by atoms with Gasteiger partial charge in [-0.25, -0.2) is 0 Å². The van der Waals surface area contributed by atoms with E-state index in [9.17, 15) is 4.79 Å². The van der Waals surface area contributed by atoms with Gasteiger partial charge in [-0.05, 0) is 51.7 Å². The fourth-order valence-corrected chi connectivity index (χ4v) is 2.87. The second-order valence-corrected chi connectivity index (χ2v) is 5.80. The third-order valence-electron chi connectivity index (χ3n) is 4.05. The van der Waals surface area contributed by atoms with E-state index in [0.717, 1.165) is 45.6 Å². The molecule has 0 spiro atoms. The summed E-state index contributed by atoms with van der Waals surface area (Å²) in [6, 6.07) is 0. The average molecular weight is 299 g/mol. The second kappa shape index (κ2) is 13.1. The van der Waals surface area contributed by atoms with E-state index < -0.39 is 0 Å². The molecule has 0 N–H and O–H groups in total. The highest BCUT2D eigenvalue weighted by atomic mass is 16.2. The van der Waals surface area contributed by atoms with E-state index in [1.807, 2.05) is 13.8 Å². The van der Waals surface area contributed by atoms with Crippen LogP contribution in [0.25, 0.3) is 0 Å². The number of carbonyl (C=O) groups is 1. The molecule has 2 aliphatic rings. The molecule has 0 atom stereocenters. The van der Waals surface area contributed by atoms with E-state index in [4.69, 9.17) is 0 Å². The lowest BCUT2D eigenvalue weighted by atomic mass is 9.94. The van der Waals surface area contributed by atoms with Crippen molar-refractivity contribution in [2.24, 2.45) is 5.92 Å². The van der Waals surface area contributed by atoms with Crippen LogP contribution in [0.2, 0.25) is 0 Å². The molecular formula is C18H38N2O. The van der Waals surface area contributed by atoms with Crippen LogP contribution in [0, 0.1) is 5.92 Å². The first-order valence-electron chi connectivity index (χ1n) is 9.24. The lowest BCUT2D eigenvalue weighted by Crippen LogP contribution is -2.44. The number of carbonyl (C=O) groups excluding carboxylic acids is 1. The van der Waals surface area contributed by atoms with Gasteiger partial charge in [0.15, 0.2) is 0 Å². The molecule has 2 heterocycles. The summed E-state index contributed by atoms with van der Waals surface area (Å²) in [5, 5.41) is 0. The molecule has 0 aromatic rings. The van der Waals surface area contributed by atoms with Gasteiger partial charge in [0.05, 0.1) is 0 Å². The first kappa shape index (κ1) is 20.4. The van der Waals surface area contributed by atoms with E-state index >= 15 is 0 Å². The number of likely N-dealkylation sites (tertiary alicyclic amines) is 2. The van der Waals surface area contributed by atoms with Crippen molar-refractivity contribution in [2.75, 3.05) is 32.7 Å². The zero-order valence-electron chi connectivity index (χ0n) is 15.2. The molecule has 21 heavy (non-hydrogen) atoms. The molecule has 2 aliphatic heterocycles. The number of hydrogen-bond acceptors (Lipinski definition) is 2. The van der Waals surface area contributed by atoms with Gasteiger partial charge in [0.2, 0.25) is 5.91 Å². The predicted molar refractivity (Wildman–Crippen MR) is 92.6 cm³/mol. The summed E-state index contributed by atoms with van der Waals surface area (Å²) in [6.45, 7) is 15.8. The first-order valence-corrected chi connectivity index (χ1v) is 9.24. The van der Waals surface area contributed by atoms with Crippen LogP contribution in [-0.2, 0) is 4.79 Å². The van der Waals surface area contributed by atoms with Crippen molar-refractivity contribution in [3.63, 3.8) is 0 Å². The molecule has 0 saturated carbocycles. The Bertz CT molecular complexity index is 242. The van der Waals surface area contributed by atoms with E-state index in [0.29, 0.717) is 11.8 Å². The molecule has 3 heteroatoms.